The van der Waals surface area contributed by atoms with E-state index in [1.165, 1.54) is 0 Å². The maximum Gasteiger partial charge on any atom is 0.240 e. The lowest BCUT2D eigenvalue weighted by Gasteiger charge is -2.18. The Bertz CT molecular complexity index is 525. The topological polar surface area (TPSA) is 58.2 Å². The fourth-order valence-electron chi connectivity index (χ4n) is 2.49. The molecule has 0 saturated carbocycles. The highest BCUT2D eigenvalue weighted by Crippen LogP contribution is 2.20. The Labute approximate surface area is 129 Å². The van der Waals surface area contributed by atoms with Crippen LogP contribution in [0.2, 0.25) is 0 Å². The molecule has 0 amide bonds. The first-order valence-corrected chi connectivity index (χ1v) is 9.26. The first kappa shape index (κ1) is 18.1. The molecule has 0 aliphatic rings. The molecule has 0 bridgehead atoms. The van der Waals surface area contributed by atoms with Crippen LogP contribution in [-0.4, -0.2) is 21.5 Å². The molecule has 0 spiro atoms. The first-order valence-electron chi connectivity index (χ1n) is 7.78. The van der Waals surface area contributed by atoms with Crippen LogP contribution in [-0.2, 0) is 10.0 Å². The van der Waals surface area contributed by atoms with Crippen molar-refractivity contribution in [2.75, 3.05) is 7.05 Å². The quantitative estimate of drug-likeness (QED) is 0.736. The first-order chi connectivity index (χ1) is 9.98. The number of sulfonamides is 1. The smallest absolute Gasteiger partial charge is 0.240 e. The van der Waals surface area contributed by atoms with E-state index in [1.807, 2.05) is 26.1 Å². The Morgan fingerprint density at radius 2 is 1.86 bits per heavy atom. The van der Waals surface area contributed by atoms with Gasteiger partial charge < -0.3 is 5.32 Å². The van der Waals surface area contributed by atoms with E-state index in [0.29, 0.717) is 4.90 Å². The van der Waals surface area contributed by atoms with E-state index in [-0.39, 0.29) is 12.1 Å². The summed E-state index contributed by atoms with van der Waals surface area (Å²) in [6.07, 6.45) is 3.56. The van der Waals surface area contributed by atoms with Gasteiger partial charge >= 0.3 is 0 Å². The molecular formula is C16H28N2O2S. The molecule has 120 valence electrons. The Morgan fingerprint density at radius 3 is 2.38 bits per heavy atom. The SMILES string of the molecule is CCCC(CC)NS(=O)(=O)c1cccc(C(CC)NC)c1. The Morgan fingerprint density at radius 1 is 1.14 bits per heavy atom. The van der Waals surface area contributed by atoms with Gasteiger partial charge in [-0.3, -0.25) is 0 Å². The molecule has 1 aromatic rings. The van der Waals surface area contributed by atoms with Gasteiger partial charge in [-0.05, 0) is 44.0 Å². The second-order valence-electron chi connectivity index (χ2n) is 5.34. The molecule has 0 fully saturated rings. The van der Waals surface area contributed by atoms with Gasteiger partial charge in [-0.15, -0.1) is 0 Å². The van der Waals surface area contributed by atoms with E-state index in [9.17, 15) is 8.42 Å². The largest absolute Gasteiger partial charge is 0.313 e. The van der Waals surface area contributed by atoms with Crippen molar-refractivity contribution in [1.29, 1.82) is 0 Å². The van der Waals surface area contributed by atoms with Gasteiger partial charge in [0.25, 0.3) is 0 Å². The van der Waals surface area contributed by atoms with Crippen LogP contribution in [0.5, 0.6) is 0 Å². The zero-order chi connectivity index (χ0) is 15.9. The predicted octanol–water partition coefficient (Wildman–Crippen LogP) is 3.21. The summed E-state index contributed by atoms with van der Waals surface area (Å²) in [6.45, 7) is 6.15. The molecule has 1 rings (SSSR count). The van der Waals surface area contributed by atoms with Crippen LogP contribution in [0.15, 0.2) is 29.2 Å². The zero-order valence-corrected chi connectivity index (χ0v) is 14.3. The molecule has 5 heteroatoms. The summed E-state index contributed by atoms with van der Waals surface area (Å²) in [6, 6.07) is 7.39. The van der Waals surface area contributed by atoms with Gasteiger partial charge in [0.05, 0.1) is 4.90 Å². The Hall–Kier alpha value is -0.910. The molecule has 0 aromatic heterocycles. The summed E-state index contributed by atoms with van der Waals surface area (Å²) in [5.41, 5.74) is 1.01. The van der Waals surface area contributed by atoms with E-state index in [0.717, 1.165) is 31.2 Å². The summed E-state index contributed by atoms with van der Waals surface area (Å²) in [4.78, 5) is 0.350. The minimum absolute atomic E-state index is 0.00919. The van der Waals surface area contributed by atoms with Crippen LogP contribution in [0, 0.1) is 0 Å². The van der Waals surface area contributed by atoms with Crippen molar-refractivity contribution in [1.82, 2.24) is 10.0 Å². The normalized spacial score (nSPS) is 14.9. The molecule has 0 radical (unpaired) electrons. The second kappa shape index (κ2) is 8.51. The van der Waals surface area contributed by atoms with Gasteiger partial charge in [-0.1, -0.05) is 39.3 Å². The highest BCUT2D eigenvalue weighted by atomic mass is 32.2. The molecule has 0 saturated heterocycles. The third-order valence-corrected chi connectivity index (χ3v) is 5.30. The molecule has 2 unspecified atom stereocenters. The molecule has 4 nitrogen and oxygen atoms in total. The van der Waals surface area contributed by atoms with Gasteiger partial charge in [0.15, 0.2) is 0 Å². The summed E-state index contributed by atoms with van der Waals surface area (Å²) in [7, 11) is -1.55. The summed E-state index contributed by atoms with van der Waals surface area (Å²) in [5.74, 6) is 0. The predicted molar refractivity (Wildman–Crippen MR) is 87.8 cm³/mol. The van der Waals surface area contributed by atoms with E-state index in [2.05, 4.69) is 23.9 Å². The van der Waals surface area contributed by atoms with Crippen molar-refractivity contribution >= 4 is 10.0 Å². The molecule has 2 atom stereocenters. The lowest BCUT2D eigenvalue weighted by Crippen LogP contribution is -2.34. The van der Waals surface area contributed by atoms with Crippen LogP contribution in [0.1, 0.15) is 58.1 Å². The van der Waals surface area contributed by atoms with Gasteiger partial charge in [0, 0.05) is 12.1 Å². The number of hydrogen-bond donors (Lipinski definition) is 2. The second-order valence-corrected chi connectivity index (χ2v) is 7.05. The molecule has 1 aromatic carbocycles. The average Bonchev–Trinajstić information content (AvgIpc) is 2.48. The van der Waals surface area contributed by atoms with Crippen molar-refractivity contribution in [3.8, 4) is 0 Å². The minimum atomic E-state index is -3.44. The van der Waals surface area contributed by atoms with Crippen LogP contribution in [0.25, 0.3) is 0 Å². The van der Waals surface area contributed by atoms with Crippen molar-refractivity contribution in [3.63, 3.8) is 0 Å². The fraction of sp³-hybridized carbons (Fsp3) is 0.625. The highest BCUT2D eigenvalue weighted by molar-refractivity contribution is 7.89. The standard InChI is InChI=1S/C16H28N2O2S/c1-5-9-14(6-2)18-21(19,20)15-11-8-10-13(12-15)16(7-3)17-4/h8,10-12,14,16-18H,5-7,9H2,1-4H3. The number of nitrogens with one attached hydrogen (secondary N) is 2. The molecular weight excluding hydrogens is 284 g/mol. The van der Waals surface area contributed by atoms with Gasteiger partial charge in [-0.25, -0.2) is 13.1 Å². The summed E-state index contributed by atoms with van der Waals surface area (Å²) >= 11 is 0. The molecule has 0 aliphatic carbocycles. The molecule has 21 heavy (non-hydrogen) atoms. The van der Waals surface area contributed by atoms with Crippen molar-refractivity contribution < 1.29 is 8.42 Å². The number of benzene rings is 1. The lowest BCUT2D eigenvalue weighted by atomic mass is 10.1. The zero-order valence-electron chi connectivity index (χ0n) is 13.5. The van der Waals surface area contributed by atoms with Crippen molar-refractivity contribution in [2.24, 2.45) is 0 Å². The molecule has 0 aliphatic heterocycles. The molecule has 0 heterocycles. The third kappa shape index (κ3) is 5.09. The van der Waals surface area contributed by atoms with E-state index >= 15 is 0 Å². The van der Waals surface area contributed by atoms with Crippen molar-refractivity contribution in [2.45, 2.75) is 63.4 Å². The monoisotopic (exact) mass is 312 g/mol. The van der Waals surface area contributed by atoms with E-state index < -0.39 is 10.0 Å². The number of rotatable bonds is 9. The van der Waals surface area contributed by atoms with Crippen LogP contribution >= 0.6 is 0 Å². The van der Waals surface area contributed by atoms with Crippen LogP contribution in [0.4, 0.5) is 0 Å². The van der Waals surface area contributed by atoms with E-state index in [1.54, 1.807) is 12.1 Å². The van der Waals surface area contributed by atoms with Gasteiger partial charge in [-0.2, -0.15) is 0 Å². The summed E-state index contributed by atoms with van der Waals surface area (Å²) in [5, 5.41) is 3.20. The average molecular weight is 312 g/mol. The third-order valence-electron chi connectivity index (χ3n) is 3.78. The maximum absolute atomic E-state index is 12.5. The molecule has 2 N–H and O–H groups in total. The Balaban J connectivity index is 3.00. The highest BCUT2D eigenvalue weighted by Gasteiger charge is 2.19. The Kier molecular flexibility index (Phi) is 7.35. The van der Waals surface area contributed by atoms with Gasteiger partial charge in [0.1, 0.15) is 0 Å². The summed E-state index contributed by atoms with van der Waals surface area (Å²) < 4.78 is 27.8. The van der Waals surface area contributed by atoms with Crippen molar-refractivity contribution in [3.05, 3.63) is 29.8 Å². The lowest BCUT2D eigenvalue weighted by molar-refractivity contribution is 0.512. The maximum atomic E-state index is 12.5. The van der Waals surface area contributed by atoms with Crippen LogP contribution < -0.4 is 10.0 Å². The van der Waals surface area contributed by atoms with E-state index in [4.69, 9.17) is 0 Å². The van der Waals surface area contributed by atoms with Gasteiger partial charge in [0.2, 0.25) is 10.0 Å². The minimum Gasteiger partial charge on any atom is -0.313 e. The number of hydrogen-bond acceptors (Lipinski definition) is 3. The fourth-order valence-corrected chi connectivity index (χ4v) is 3.90. The van der Waals surface area contributed by atoms with Crippen LogP contribution in [0.3, 0.4) is 0 Å².